The maximum Gasteiger partial charge on any atom is 0.305 e. The van der Waals surface area contributed by atoms with Crippen LogP contribution >= 0.6 is 0 Å². The third-order valence-electron chi connectivity index (χ3n) is 6.53. The fourth-order valence-electron chi connectivity index (χ4n) is 4.40. The molecule has 1 N–H and O–H groups in total. The van der Waals surface area contributed by atoms with Crippen LogP contribution in [-0.2, 0) is 32.1 Å². The van der Waals surface area contributed by atoms with Crippen molar-refractivity contribution in [1.82, 2.24) is 14.8 Å². The number of nitrogens with one attached hydrogen (secondary N) is 1. The molecule has 0 saturated heterocycles. The zero-order valence-electron chi connectivity index (χ0n) is 22.9. The zero-order valence-corrected chi connectivity index (χ0v) is 22.9. The second-order valence-electron chi connectivity index (χ2n) is 9.55. The number of H-pyrrole nitrogens is 1. The van der Waals surface area contributed by atoms with E-state index in [0.29, 0.717) is 32.5 Å². The molecule has 1 heterocycles. The molecule has 0 aliphatic rings. The van der Waals surface area contributed by atoms with Crippen molar-refractivity contribution in [3.63, 3.8) is 0 Å². The number of hydrogen-bond donors (Lipinski definition) is 1. The molecule has 0 saturated carbocycles. The summed E-state index contributed by atoms with van der Waals surface area (Å²) in [5.74, 6) is 0.184. The molecule has 0 fully saturated rings. The maximum atomic E-state index is 13.6. The summed E-state index contributed by atoms with van der Waals surface area (Å²) in [5.41, 5.74) is 3.20. The minimum Gasteiger partial charge on any atom is -0.494 e. The number of esters is 1. The Morgan fingerprint density at radius 1 is 0.974 bits per heavy atom. The number of aromatic nitrogens is 1. The average molecular weight is 522 g/mol. The van der Waals surface area contributed by atoms with Crippen LogP contribution in [0.25, 0.3) is 10.9 Å². The molecule has 204 valence electrons. The predicted molar refractivity (Wildman–Crippen MR) is 148 cm³/mol. The zero-order chi connectivity index (χ0) is 27.5. The molecule has 0 bridgehead atoms. The van der Waals surface area contributed by atoms with Gasteiger partial charge in [0.05, 0.1) is 20.3 Å². The van der Waals surface area contributed by atoms with E-state index in [-0.39, 0.29) is 43.2 Å². The largest absolute Gasteiger partial charge is 0.494 e. The minimum atomic E-state index is -0.344. The molecular weight excluding hydrogens is 482 g/mol. The highest BCUT2D eigenvalue weighted by atomic mass is 16.5. The van der Waals surface area contributed by atoms with Crippen molar-refractivity contribution < 1.29 is 23.9 Å². The summed E-state index contributed by atoms with van der Waals surface area (Å²) in [6.07, 6.45) is 3.43. The Balaban J connectivity index is 1.73. The van der Waals surface area contributed by atoms with Gasteiger partial charge in [-0.25, -0.2) is 0 Å². The van der Waals surface area contributed by atoms with Gasteiger partial charge in [0, 0.05) is 49.1 Å². The van der Waals surface area contributed by atoms with E-state index in [4.69, 9.17) is 4.74 Å². The number of carbonyl (C=O) groups is 3. The van der Waals surface area contributed by atoms with Crippen molar-refractivity contribution in [2.75, 3.05) is 26.8 Å². The summed E-state index contributed by atoms with van der Waals surface area (Å²) >= 11 is 0. The molecule has 0 spiro atoms. The van der Waals surface area contributed by atoms with Gasteiger partial charge in [-0.1, -0.05) is 30.3 Å². The van der Waals surface area contributed by atoms with Gasteiger partial charge >= 0.3 is 5.97 Å². The molecule has 8 heteroatoms. The Morgan fingerprint density at radius 2 is 1.71 bits per heavy atom. The second kappa shape index (κ2) is 14.2. The minimum absolute atomic E-state index is 0.0142. The number of nitrogens with zero attached hydrogens (tertiary/aromatic N) is 2. The Bertz CT molecular complexity index is 1200. The van der Waals surface area contributed by atoms with Crippen molar-refractivity contribution in [2.24, 2.45) is 0 Å². The number of aromatic amines is 1. The van der Waals surface area contributed by atoms with Crippen LogP contribution in [-0.4, -0.2) is 65.4 Å². The van der Waals surface area contributed by atoms with E-state index in [1.54, 1.807) is 4.90 Å². The van der Waals surface area contributed by atoms with Gasteiger partial charge in [-0.15, -0.1) is 0 Å². The molecule has 0 atom stereocenters. The van der Waals surface area contributed by atoms with Crippen LogP contribution in [0.15, 0.2) is 54.7 Å². The number of para-hydroxylation sites is 1. The van der Waals surface area contributed by atoms with Gasteiger partial charge < -0.3 is 24.3 Å². The van der Waals surface area contributed by atoms with Crippen LogP contribution in [0.3, 0.4) is 0 Å². The van der Waals surface area contributed by atoms with E-state index in [1.165, 1.54) is 7.11 Å². The van der Waals surface area contributed by atoms with Crippen molar-refractivity contribution in [1.29, 1.82) is 0 Å². The van der Waals surface area contributed by atoms with Crippen molar-refractivity contribution >= 4 is 28.7 Å². The van der Waals surface area contributed by atoms with Gasteiger partial charge in [-0.2, -0.15) is 0 Å². The highest BCUT2D eigenvalue weighted by Crippen LogP contribution is 2.20. The molecular formula is C30H39N3O5. The molecule has 0 aliphatic heterocycles. The van der Waals surface area contributed by atoms with Crippen molar-refractivity contribution in [3.05, 3.63) is 65.9 Å². The lowest BCUT2D eigenvalue weighted by molar-refractivity contribution is -0.143. The first kappa shape index (κ1) is 28.8. The third-order valence-corrected chi connectivity index (χ3v) is 6.53. The van der Waals surface area contributed by atoms with Crippen molar-refractivity contribution in [3.8, 4) is 5.75 Å². The van der Waals surface area contributed by atoms with Crippen LogP contribution in [0.1, 0.15) is 51.2 Å². The van der Waals surface area contributed by atoms with Crippen molar-refractivity contribution in [2.45, 2.75) is 59.0 Å². The van der Waals surface area contributed by atoms with Gasteiger partial charge in [-0.3, -0.25) is 14.4 Å². The standard InChI is InChI=1S/C30H39N3O5/c1-5-38-25-15-13-23(14-16-25)20-32(18-17-24-19-31-27-10-7-6-9-26(24)27)29(35)21-33(22(2)3)28(34)11-8-12-30(36)37-4/h6-7,9-10,13-16,19,22,31H,5,8,11-12,17-18,20-21H2,1-4H3. The summed E-state index contributed by atoms with van der Waals surface area (Å²) in [7, 11) is 1.33. The van der Waals surface area contributed by atoms with E-state index < -0.39 is 0 Å². The molecule has 3 aromatic rings. The summed E-state index contributed by atoms with van der Waals surface area (Å²) in [6, 6.07) is 15.7. The van der Waals surface area contributed by atoms with E-state index in [9.17, 15) is 14.4 Å². The van der Waals surface area contributed by atoms with Gasteiger partial charge in [0.2, 0.25) is 11.8 Å². The number of ether oxygens (including phenoxy) is 2. The predicted octanol–water partition coefficient (Wildman–Crippen LogP) is 4.72. The van der Waals surface area contributed by atoms with Crippen LogP contribution in [0.2, 0.25) is 0 Å². The van der Waals surface area contributed by atoms with Crippen LogP contribution < -0.4 is 4.74 Å². The Morgan fingerprint density at radius 3 is 2.39 bits per heavy atom. The molecule has 0 aliphatic carbocycles. The molecule has 8 nitrogen and oxygen atoms in total. The SMILES string of the molecule is CCOc1ccc(CN(CCc2c[nH]c3ccccc23)C(=O)CN(C(=O)CCCC(=O)OC)C(C)C)cc1. The Hall–Kier alpha value is -3.81. The summed E-state index contributed by atoms with van der Waals surface area (Å²) < 4.78 is 10.2. The molecule has 0 radical (unpaired) electrons. The number of benzene rings is 2. The molecule has 2 aromatic carbocycles. The lowest BCUT2D eigenvalue weighted by atomic mass is 10.1. The highest BCUT2D eigenvalue weighted by molar-refractivity contribution is 5.86. The summed E-state index contributed by atoms with van der Waals surface area (Å²) in [5, 5.41) is 1.14. The van der Waals surface area contributed by atoms with Gasteiger partial charge in [0.1, 0.15) is 5.75 Å². The van der Waals surface area contributed by atoms with E-state index in [2.05, 4.69) is 15.8 Å². The number of hydrogen-bond acceptors (Lipinski definition) is 5. The quantitative estimate of drug-likeness (QED) is 0.310. The van der Waals surface area contributed by atoms with E-state index in [1.807, 2.05) is 74.3 Å². The number of carbonyl (C=O) groups excluding carboxylic acids is 3. The molecule has 2 amide bonds. The first-order valence-corrected chi connectivity index (χ1v) is 13.2. The molecule has 38 heavy (non-hydrogen) atoms. The number of amides is 2. The fourth-order valence-corrected chi connectivity index (χ4v) is 4.40. The lowest BCUT2D eigenvalue weighted by Gasteiger charge is -2.30. The van der Waals surface area contributed by atoms with E-state index >= 15 is 0 Å². The summed E-state index contributed by atoms with van der Waals surface area (Å²) in [6.45, 7) is 7.25. The smallest absolute Gasteiger partial charge is 0.305 e. The van der Waals surface area contributed by atoms with Crippen LogP contribution in [0, 0.1) is 0 Å². The summed E-state index contributed by atoms with van der Waals surface area (Å²) in [4.78, 5) is 44.7. The molecule has 3 rings (SSSR count). The maximum absolute atomic E-state index is 13.6. The Labute approximate surface area is 224 Å². The fraction of sp³-hybridized carbons (Fsp3) is 0.433. The Kier molecular flexibility index (Phi) is 10.8. The number of rotatable bonds is 14. The molecule has 0 unspecified atom stereocenters. The van der Waals surface area contributed by atoms with Crippen LogP contribution in [0.4, 0.5) is 0 Å². The van der Waals surface area contributed by atoms with Crippen LogP contribution in [0.5, 0.6) is 5.75 Å². The second-order valence-corrected chi connectivity index (χ2v) is 9.55. The third kappa shape index (κ3) is 8.10. The first-order valence-electron chi connectivity index (χ1n) is 13.2. The lowest BCUT2D eigenvalue weighted by Crippen LogP contribution is -2.46. The van der Waals surface area contributed by atoms with Gasteiger partial charge in [0.15, 0.2) is 0 Å². The first-order chi connectivity index (χ1) is 18.3. The van der Waals surface area contributed by atoms with Gasteiger partial charge in [-0.05, 0) is 62.9 Å². The number of methoxy groups -OCH3 is 1. The average Bonchev–Trinajstić information content (AvgIpc) is 3.33. The topological polar surface area (TPSA) is 91.9 Å². The normalized spacial score (nSPS) is 11.0. The van der Waals surface area contributed by atoms with Gasteiger partial charge in [0.25, 0.3) is 0 Å². The highest BCUT2D eigenvalue weighted by Gasteiger charge is 2.24. The molecule has 1 aromatic heterocycles. The monoisotopic (exact) mass is 521 g/mol. The van der Waals surface area contributed by atoms with E-state index in [0.717, 1.165) is 27.8 Å². The number of fused-ring (bicyclic) bond motifs is 1.